The summed E-state index contributed by atoms with van der Waals surface area (Å²) >= 11 is 0. The zero-order valence-corrected chi connectivity index (χ0v) is 18.6. The van der Waals surface area contributed by atoms with Crippen LogP contribution in [0.5, 0.6) is 0 Å². The van der Waals surface area contributed by atoms with Crippen LogP contribution in [0, 0.1) is 12.8 Å². The second-order valence-electron chi connectivity index (χ2n) is 8.33. The van der Waals surface area contributed by atoms with Crippen molar-refractivity contribution in [2.24, 2.45) is 5.92 Å². The lowest BCUT2D eigenvalue weighted by atomic mass is 9.92. The van der Waals surface area contributed by atoms with Crippen molar-refractivity contribution in [1.29, 1.82) is 0 Å². The molecule has 0 saturated carbocycles. The molecule has 0 spiro atoms. The van der Waals surface area contributed by atoms with Crippen LogP contribution in [-0.2, 0) is 19.1 Å². The van der Waals surface area contributed by atoms with E-state index in [0.717, 1.165) is 5.56 Å². The summed E-state index contributed by atoms with van der Waals surface area (Å²) in [6, 6.07) is 7.29. The van der Waals surface area contributed by atoms with E-state index in [0.29, 0.717) is 44.2 Å². The van der Waals surface area contributed by atoms with Gasteiger partial charge < -0.3 is 20.3 Å². The number of esters is 1. The Morgan fingerprint density at radius 2 is 2.00 bits per heavy atom. The minimum atomic E-state index is -0.950. The summed E-state index contributed by atoms with van der Waals surface area (Å²) < 4.78 is 5.09. The van der Waals surface area contributed by atoms with Gasteiger partial charge in [0.25, 0.3) is 5.56 Å². The lowest BCUT2D eigenvalue weighted by Gasteiger charge is -2.32. The number of carbonyl (C=O) groups excluding carboxylic acids is 3. The SMILES string of the molecule is CCOC(=O)C1CCN(c2nc3c(c(=O)[nH]2)[C@H](C(=O)Nc2cccc(C)c2)CC(=O)N3)CC1. The van der Waals surface area contributed by atoms with Gasteiger partial charge in [-0.25, -0.2) is 0 Å². The molecule has 2 aliphatic rings. The van der Waals surface area contributed by atoms with E-state index in [1.807, 2.05) is 30.0 Å². The molecule has 1 fully saturated rings. The monoisotopic (exact) mass is 453 g/mol. The number of aromatic amines is 1. The molecule has 174 valence electrons. The van der Waals surface area contributed by atoms with Crippen LogP contribution in [0.2, 0.25) is 0 Å². The fourth-order valence-electron chi connectivity index (χ4n) is 4.27. The number of piperidine rings is 1. The predicted molar refractivity (Wildman–Crippen MR) is 122 cm³/mol. The molecule has 1 aromatic carbocycles. The van der Waals surface area contributed by atoms with Gasteiger partial charge in [0.15, 0.2) is 0 Å². The Kier molecular flexibility index (Phi) is 6.43. The number of hydrogen-bond acceptors (Lipinski definition) is 7. The fraction of sp³-hybridized carbons (Fsp3) is 0.435. The molecule has 4 rings (SSSR count). The van der Waals surface area contributed by atoms with Crippen LogP contribution >= 0.6 is 0 Å². The number of nitrogens with one attached hydrogen (secondary N) is 3. The quantitative estimate of drug-likeness (QED) is 0.589. The molecule has 0 aliphatic carbocycles. The molecular formula is C23H27N5O5. The fourth-order valence-corrected chi connectivity index (χ4v) is 4.27. The zero-order valence-electron chi connectivity index (χ0n) is 18.6. The molecule has 0 unspecified atom stereocenters. The van der Waals surface area contributed by atoms with E-state index in [4.69, 9.17) is 4.74 Å². The number of hydrogen-bond donors (Lipinski definition) is 3. The predicted octanol–water partition coefficient (Wildman–Crippen LogP) is 1.92. The van der Waals surface area contributed by atoms with Gasteiger partial charge >= 0.3 is 5.97 Å². The first-order valence-corrected chi connectivity index (χ1v) is 11.1. The zero-order chi connectivity index (χ0) is 23.5. The molecular weight excluding hydrogens is 426 g/mol. The number of nitrogens with zero attached hydrogens (tertiary/aromatic N) is 2. The van der Waals surface area contributed by atoms with Crippen LogP contribution < -0.4 is 21.1 Å². The molecule has 0 radical (unpaired) electrons. The first kappa shape index (κ1) is 22.5. The minimum Gasteiger partial charge on any atom is -0.466 e. The number of amides is 2. The Hall–Kier alpha value is -3.69. The summed E-state index contributed by atoms with van der Waals surface area (Å²) in [6.45, 7) is 5.05. The Bertz CT molecular complexity index is 1140. The van der Waals surface area contributed by atoms with E-state index in [2.05, 4.69) is 20.6 Å². The van der Waals surface area contributed by atoms with Crippen molar-refractivity contribution in [3.05, 3.63) is 45.7 Å². The van der Waals surface area contributed by atoms with Crippen molar-refractivity contribution in [2.45, 2.75) is 39.0 Å². The van der Waals surface area contributed by atoms with Gasteiger partial charge in [-0.1, -0.05) is 12.1 Å². The van der Waals surface area contributed by atoms with Gasteiger partial charge in [0, 0.05) is 25.2 Å². The molecule has 2 amide bonds. The third-order valence-corrected chi connectivity index (χ3v) is 5.96. The van der Waals surface area contributed by atoms with Gasteiger partial charge in [0.05, 0.1) is 24.0 Å². The van der Waals surface area contributed by atoms with Crippen molar-refractivity contribution in [3.63, 3.8) is 0 Å². The molecule has 1 aromatic heterocycles. The minimum absolute atomic E-state index is 0.0990. The molecule has 10 heteroatoms. The van der Waals surface area contributed by atoms with Crippen LogP contribution in [0.25, 0.3) is 0 Å². The lowest BCUT2D eigenvalue weighted by molar-refractivity contribution is -0.148. The van der Waals surface area contributed by atoms with Gasteiger partial charge in [-0.2, -0.15) is 4.98 Å². The third kappa shape index (κ3) is 4.89. The van der Waals surface area contributed by atoms with Gasteiger partial charge in [-0.05, 0) is 44.4 Å². The number of anilines is 3. The van der Waals surface area contributed by atoms with Gasteiger partial charge in [0.1, 0.15) is 5.82 Å². The van der Waals surface area contributed by atoms with Crippen molar-refractivity contribution in [1.82, 2.24) is 9.97 Å². The molecule has 1 saturated heterocycles. The van der Waals surface area contributed by atoms with Crippen LogP contribution in [0.4, 0.5) is 17.5 Å². The number of carbonyl (C=O) groups is 3. The molecule has 33 heavy (non-hydrogen) atoms. The first-order chi connectivity index (χ1) is 15.9. The van der Waals surface area contributed by atoms with E-state index in [9.17, 15) is 19.2 Å². The highest BCUT2D eigenvalue weighted by Gasteiger charge is 2.36. The number of fused-ring (bicyclic) bond motifs is 1. The maximum absolute atomic E-state index is 13.0. The van der Waals surface area contributed by atoms with E-state index < -0.39 is 17.4 Å². The van der Waals surface area contributed by atoms with E-state index in [1.165, 1.54) is 0 Å². The van der Waals surface area contributed by atoms with E-state index >= 15 is 0 Å². The summed E-state index contributed by atoms with van der Waals surface area (Å²) in [5.41, 5.74) is 1.25. The number of benzene rings is 1. The molecule has 1 atom stereocenters. The average Bonchev–Trinajstić information content (AvgIpc) is 2.78. The molecule has 3 N–H and O–H groups in total. The number of rotatable bonds is 5. The standard InChI is InChI=1S/C23H27N5O5/c1-3-33-22(32)14-7-9-28(10-8-14)23-26-19-18(21(31)27-23)16(12-17(29)25-19)20(30)24-15-6-4-5-13(2)11-15/h4-6,11,14,16H,3,7-10,12H2,1-2H3,(H,24,30)(H2,25,26,27,29,31)/t16-/m1/s1. The molecule has 10 nitrogen and oxygen atoms in total. The van der Waals surface area contributed by atoms with E-state index in [1.54, 1.807) is 13.0 Å². The Morgan fingerprint density at radius 3 is 2.70 bits per heavy atom. The summed E-state index contributed by atoms with van der Waals surface area (Å²) in [5, 5.41) is 5.42. The Labute approximate surface area is 190 Å². The number of aryl methyl sites for hydroxylation is 1. The van der Waals surface area contributed by atoms with Gasteiger partial charge in [-0.15, -0.1) is 0 Å². The summed E-state index contributed by atoms with van der Waals surface area (Å²) in [6.07, 6.45) is 1.01. The maximum Gasteiger partial charge on any atom is 0.309 e. The number of aromatic nitrogens is 2. The third-order valence-electron chi connectivity index (χ3n) is 5.96. The molecule has 0 bridgehead atoms. The first-order valence-electron chi connectivity index (χ1n) is 11.1. The van der Waals surface area contributed by atoms with Crippen molar-refractivity contribution in [2.75, 3.05) is 35.2 Å². The number of ether oxygens (including phenoxy) is 1. The van der Waals surface area contributed by atoms with Crippen LogP contribution in [0.15, 0.2) is 29.1 Å². The van der Waals surface area contributed by atoms with Crippen LogP contribution in [-0.4, -0.2) is 47.4 Å². The van der Waals surface area contributed by atoms with Crippen molar-refractivity contribution in [3.8, 4) is 0 Å². The molecule has 2 aliphatic heterocycles. The van der Waals surface area contributed by atoms with Crippen molar-refractivity contribution >= 4 is 35.2 Å². The Morgan fingerprint density at radius 1 is 1.24 bits per heavy atom. The molecule has 3 heterocycles. The highest BCUT2D eigenvalue weighted by Crippen LogP contribution is 2.31. The normalized spacial score (nSPS) is 18.3. The summed E-state index contributed by atoms with van der Waals surface area (Å²) in [7, 11) is 0. The maximum atomic E-state index is 13.0. The van der Waals surface area contributed by atoms with Crippen molar-refractivity contribution < 1.29 is 19.1 Å². The summed E-state index contributed by atoms with van der Waals surface area (Å²) in [4.78, 5) is 59.3. The second-order valence-corrected chi connectivity index (χ2v) is 8.33. The second kappa shape index (κ2) is 9.43. The summed E-state index contributed by atoms with van der Waals surface area (Å²) in [5.74, 6) is -1.75. The van der Waals surface area contributed by atoms with Crippen LogP contribution in [0.1, 0.15) is 43.2 Å². The van der Waals surface area contributed by atoms with Gasteiger partial charge in [-0.3, -0.25) is 24.2 Å². The Balaban J connectivity index is 1.54. The molecule has 2 aromatic rings. The van der Waals surface area contributed by atoms with Gasteiger partial charge in [0.2, 0.25) is 17.8 Å². The smallest absolute Gasteiger partial charge is 0.309 e. The highest BCUT2D eigenvalue weighted by atomic mass is 16.5. The number of H-pyrrole nitrogens is 1. The largest absolute Gasteiger partial charge is 0.466 e. The van der Waals surface area contributed by atoms with Crippen LogP contribution in [0.3, 0.4) is 0 Å². The van der Waals surface area contributed by atoms with E-state index in [-0.39, 0.29) is 35.6 Å². The highest BCUT2D eigenvalue weighted by molar-refractivity contribution is 6.04. The average molecular weight is 453 g/mol. The topological polar surface area (TPSA) is 133 Å². The lowest BCUT2D eigenvalue weighted by Crippen LogP contribution is -2.41.